The van der Waals surface area contributed by atoms with Crippen molar-refractivity contribution in [3.63, 3.8) is 0 Å². The molecule has 0 bridgehead atoms. The lowest BCUT2D eigenvalue weighted by Gasteiger charge is -2.46. The number of rotatable bonds is 2. The van der Waals surface area contributed by atoms with Gasteiger partial charge in [0.2, 0.25) is 5.91 Å². The number of oxazole rings is 1. The molecule has 8 heteroatoms. The van der Waals surface area contributed by atoms with Crippen molar-refractivity contribution in [2.45, 2.75) is 56.4 Å². The number of imide groups is 1. The Morgan fingerprint density at radius 3 is 2.75 bits per heavy atom. The van der Waals surface area contributed by atoms with Crippen LogP contribution in [0.15, 0.2) is 22.6 Å². The first-order chi connectivity index (χ1) is 13.5. The van der Waals surface area contributed by atoms with Crippen LogP contribution in [0.5, 0.6) is 0 Å². The number of carbonyl (C=O) groups excluding carboxylic acids is 3. The Labute approximate surface area is 161 Å². The largest absolute Gasteiger partial charge is 0.440 e. The van der Waals surface area contributed by atoms with Crippen LogP contribution in [0.1, 0.15) is 56.8 Å². The monoisotopic (exact) mass is 382 g/mol. The first-order valence-corrected chi connectivity index (χ1v) is 9.89. The lowest BCUT2D eigenvalue weighted by Crippen LogP contribution is -2.69. The smallest absolute Gasteiger partial charge is 0.323 e. The number of benzene rings is 1. The van der Waals surface area contributed by atoms with Gasteiger partial charge < -0.3 is 14.6 Å². The summed E-state index contributed by atoms with van der Waals surface area (Å²) in [6.07, 6.45) is 6.11. The zero-order valence-electron chi connectivity index (χ0n) is 15.5. The van der Waals surface area contributed by atoms with E-state index < -0.39 is 17.5 Å². The van der Waals surface area contributed by atoms with Crippen LogP contribution in [0.3, 0.4) is 0 Å². The SMILES string of the molecule is O=C1CN(C(=O)Nc2ccc3oc(C4CC4)nc3c2)C2(CCCCC2)C(=O)N1. The fourth-order valence-electron chi connectivity index (χ4n) is 4.32. The standard InChI is InChI=1S/C20H22N4O4/c25-16-11-24(20(18(26)23-16)8-2-1-3-9-20)19(27)21-13-6-7-15-14(10-13)22-17(28-15)12-4-5-12/h6-7,10,12H,1-5,8-9,11H2,(H,21,27)(H,23,25,26). The van der Waals surface area contributed by atoms with Crippen molar-refractivity contribution in [1.29, 1.82) is 0 Å². The Balaban J connectivity index is 1.40. The zero-order chi connectivity index (χ0) is 19.3. The van der Waals surface area contributed by atoms with E-state index in [0.717, 1.165) is 38.0 Å². The summed E-state index contributed by atoms with van der Waals surface area (Å²) >= 11 is 0. The fourth-order valence-corrected chi connectivity index (χ4v) is 4.32. The molecule has 1 aromatic heterocycles. The highest BCUT2D eigenvalue weighted by molar-refractivity contribution is 6.08. The van der Waals surface area contributed by atoms with Crippen LogP contribution in [0.4, 0.5) is 10.5 Å². The average Bonchev–Trinajstić information content (AvgIpc) is 3.45. The van der Waals surface area contributed by atoms with Crippen molar-refractivity contribution in [2.24, 2.45) is 0 Å². The molecule has 5 rings (SSSR count). The van der Waals surface area contributed by atoms with Gasteiger partial charge >= 0.3 is 6.03 Å². The van der Waals surface area contributed by atoms with Gasteiger partial charge in [0.15, 0.2) is 11.5 Å². The third-order valence-electron chi connectivity index (χ3n) is 6.00. The molecule has 1 aliphatic heterocycles. The second kappa shape index (κ2) is 6.32. The average molecular weight is 382 g/mol. The van der Waals surface area contributed by atoms with Crippen LogP contribution in [0.2, 0.25) is 0 Å². The number of hydrogen-bond acceptors (Lipinski definition) is 5. The minimum atomic E-state index is -0.937. The second-order valence-corrected chi connectivity index (χ2v) is 7.99. The molecule has 4 amide bonds. The first-order valence-electron chi connectivity index (χ1n) is 9.89. The van der Waals surface area contributed by atoms with Gasteiger partial charge in [-0.15, -0.1) is 0 Å². The lowest BCUT2D eigenvalue weighted by atomic mass is 9.78. The summed E-state index contributed by atoms with van der Waals surface area (Å²) in [7, 11) is 0. The maximum Gasteiger partial charge on any atom is 0.323 e. The van der Waals surface area contributed by atoms with E-state index in [9.17, 15) is 14.4 Å². The molecule has 8 nitrogen and oxygen atoms in total. The molecular formula is C20H22N4O4. The Hall–Kier alpha value is -2.90. The molecule has 3 fully saturated rings. The molecule has 2 heterocycles. The van der Waals surface area contributed by atoms with E-state index in [1.165, 1.54) is 4.90 Å². The quantitative estimate of drug-likeness (QED) is 0.777. The highest BCUT2D eigenvalue weighted by Gasteiger charge is 2.51. The molecule has 2 N–H and O–H groups in total. The number of anilines is 1. The van der Waals surface area contributed by atoms with Crippen molar-refractivity contribution < 1.29 is 18.8 Å². The van der Waals surface area contributed by atoms with E-state index in [0.29, 0.717) is 35.5 Å². The molecule has 0 radical (unpaired) electrons. The summed E-state index contributed by atoms with van der Waals surface area (Å²) in [5.74, 6) is 0.351. The van der Waals surface area contributed by atoms with Crippen LogP contribution in [0, 0.1) is 0 Å². The normalized spacial score (nSPS) is 21.8. The zero-order valence-corrected chi connectivity index (χ0v) is 15.5. The summed E-state index contributed by atoms with van der Waals surface area (Å²) in [5.41, 5.74) is 1.01. The van der Waals surface area contributed by atoms with Gasteiger partial charge in [0.1, 0.15) is 17.6 Å². The van der Waals surface area contributed by atoms with Crippen molar-refractivity contribution in [1.82, 2.24) is 15.2 Å². The predicted octanol–water partition coefficient (Wildman–Crippen LogP) is 2.90. The van der Waals surface area contributed by atoms with Crippen LogP contribution < -0.4 is 10.6 Å². The van der Waals surface area contributed by atoms with Gasteiger partial charge in [-0.3, -0.25) is 14.9 Å². The topological polar surface area (TPSA) is 105 Å². The van der Waals surface area contributed by atoms with E-state index in [1.807, 2.05) is 0 Å². The summed E-state index contributed by atoms with van der Waals surface area (Å²) in [5, 5.41) is 5.25. The highest BCUT2D eigenvalue weighted by Crippen LogP contribution is 2.41. The summed E-state index contributed by atoms with van der Waals surface area (Å²) in [6, 6.07) is 4.87. The number of aromatic nitrogens is 1. The number of nitrogens with zero attached hydrogens (tertiary/aromatic N) is 2. The lowest BCUT2D eigenvalue weighted by molar-refractivity contribution is -0.146. The van der Waals surface area contributed by atoms with Gasteiger partial charge in [-0.05, 0) is 43.9 Å². The van der Waals surface area contributed by atoms with Crippen molar-refractivity contribution in [2.75, 3.05) is 11.9 Å². The maximum absolute atomic E-state index is 13.0. The molecule has 2 aliphatic carbocycles. The summed E-state index contributed by atoms with van der Waals surface area (Å²) < 4.78 is 5.75. The molecular weight excluding hydrogens is 360 g/mol. The number of hydrogen-bond donors (Lipinski definition) is 2. The maximum atomic E-state index is 13.0. The third kappa shape index (κ3) is 2.83. The van der Waals surface area contributed by atoms with Crippen molar-refractivity contribution in [3.05, 3.63) is 24.1 Å². The Morgan fingerprint density at radius 2 is 2.00 bits per heavy atom. The summed E-state index contributed by atoms with van der Waals surface area (Å²) in [4.78, 5) is 43.5. The number of amides is 4. The van der Waals surface area contributed by atoms with Gasteiger partial charge in [-0.1, -0.05) is 19.3 Å². The van der Waals surface area contributed by atoms with E-state index >= 15 is 0 Å². The fraction of sp³-hybridized carbons (Fsp3) is 0.500. The van der Waals surface area contributed by atoms with Crippen molar-refractivity contribution >= 4 is 34.6 Å². The van der Waals surface area contributed by atoms with Crippen LogP contribution >= 0.6 is 0 Å². The van der Waals surface area contributed by atoms with Crippen LogP contribution in [-0.2, 0) is 9.59 Å². The Bertz CT molecular complexity index is 972. The molecule has 0 unspecified atom stereocenters. The molecule has 28 heavy (non-hydrogen) atoms. The third-order valence-corrected chi connectivity index (χ3v) is 6.00. The molecule has 1 saturated heterocycles. The number of fused-ring (bicyclic) bond motifs is 1. The molecule has 3 aliphatic rings. The molecule has 146 valence electrons. The van der Waals surface area contributed by atoms with E-state index in [4.69, 9.17) is 4.42 Å². The van der Waals surface area contributed by atoms with Crippen LogP contribution in [0.25, 0.3) is 11.1 Å². The molecule has 2 saturated carbocycles. The van der Waals surface area contributed by atoms with Gasteiger partial charge in [0, 0.05) is 11.6 Å². The van der Waals surface area contributed by atoms with Crippen LogP contribution in [-0.4, -0.2) is 39.8 Å². The Morgan fingerprint density at radius 1 is 1.21 bits per heavy atom. The van der Waals surface area contributed by atoms with Crippen molar-refractivity contribution in [3.8, 4) is 0 Å². The number of carbonyl (C=O) groups is 3. The Kier molecular flexibility index (Phi) is 3.89. The number of urea groups is 1. The number of piperazine rings is 1. The minimum absolute atomic E-state index is 0.115. The minimum Gasteiger partial charge on any atom is -0.440 e. The van der Waals surface area contributed by atoms with E-state index in [2.05, 4.69) is 15.6 Å². The van der Waals surface area contributed by atoms with Gasteiger partial charge in [-0.2, -0.15) is 0 Å². The van der Waals surface area contributed by atoms with Gasteiger partial charge in [-0.25, -0.2) is 9.78 Å². The summed E-state index contributed by atoms with van der Waals surface area (Å²) in [6.45, 7) is -0.115. The van der Waals surface area contributed by atoms with Gasteiger partial charge in [0.05, 0.1) is 0 Å². The predicted molar refractivity (Wildman–Crippen MR) is 101 cm³/mol. The second-order valence-electron chi connectivity index (χ2n) is 7.99. The molecule has 2 aromatic rings. The van der Waals surface area contributed by atoms with Gasteiger partial charge in [0.25, 0.3) is 5.91 Å². The first kappa shape index (κ1) is 17.2. The molecule has 1 aromatic carbocycles. The van der Waals surface area contributed by atoms with E-state index in [1.54, 1.807) is 18.2 Å². The highest BCUT2D eigenvalue weighted by atomic mass is 16.3. The molecule has 1 spiro atoms. The van der Waals surface area contributed by atoms with E-state index in [-0.39, 0.29) is 12.5 Å². The number of nitrogens with one attached hydrogen (secondary N) is 2. The molecule has 0 atom stereocenters.